The number of thiazole rings is 1. The van der Waals surface area contributed by atoms with Gasteiger partial charge in [0.2, 0.25) is 0 Å². The van der Waals surface area contributed by atoms with Crippen molar-refractivity contribution in [3.8, 4) is 0 Å². The van der Waals surface area contributed by atoms with E-state index in [1.807, 2.05) is 6.92 Å². The number of benzene rings is 1. The fraction of sp³-hybridized carbons (Fsp3) is 0.357. The van der Waals surface area contributed by atoms with E-state index in [0.717, 1.165) is 27.6 Å². The van der Waals surface area contributed by atoms with Gasteiger partial charge in [-0.05, 0) is 37.2 Å². The summed E-state index contributed by atoms with van der Waals surface area (Å²) < 4.78 is 2.19. The molecule has 0 aliphatic rings. The normalized spacial score (nSPS) is 12.6. The molecule has 0 aliphatic carbocycles. The van der Waals surface area contributed by atoms with Crippen molar-refractivity contribution in [3.05, 3.63) is 48.8 Å². The number of aryl methyl sites for hydroxylation is 1. The minimum Gasteiger partial charge on any atom is -0.310 e. The molecule has 0 saturated carbocycles. The van der Waals surface area contributed by atoms with Crippen LogP contribution >= 0.6 is 43.2 Å². The van der Waals surface area contributed by atoms with Gasteiger partial charge in [0.1, 0.15) is 0 Å². The summed E-state index contributed by atoms with van der Waals surface area (Å²) in [5, 5.41) is 6.82. The summed E-state index contributed by atoms with van der Waals surface area (Å²) in [6.07, 6.45) is 0.926. The van der Waals surface area contributed by atoms with Crippen molar-refractivity contribution in [3.63, 3.8) is 0 Å². The molecule has 5 heteroatoms. The largest absolute Gasteiger partial charge is 0.310 e. The zero-order valence-electron chi connectivity index (χ0n) is 10.9. The van der Waals surface area contributed by atoms with Crippen molar-refractivity contribution in [2.75, 3.05) is 6.54 Å². The molecule has 1 aromatic carbocycles. The summed E-state index contributed by atoms with van der Waals surface area (Å²) in [6.45, 7) is 5.12. The zero-order valence-corrected chi connectivity index (χ0v) is 14.9. The second-order valence-corrected chi connectivity index (χ2v) is 7.17. The zero-order chi connectivity index (χ0) is 13.8. The van der Waals surface area contributed by atoms with E-state index in [4.69, 9.17) is 0 Å². The van der Waals surface area contributed by atoms with Gasteiger partial charge in [-0.2, -0.15) is 0 Å². The highest BCUT2D eigenvalue weighted by molar-refractivity contribution is 9.11. The molecule has 1 atom stereocenters. The molecule has 19 heavy (non-hydrogen) atoms. The van der Waals surface area contributed by atoms with Gasteiger partial charge in [0.05, 0.1) is 5.01 Å². The number of hydrogen-bond donors (Lipinski definition) is 1. The minimum atomic E-state index is 0.296. The Labute approximate surface area is 134 Å². The predicted octanol–water partition coefficient (Wildman–Crippen LogP) is 4.87. The quantitative estimate of drug-likeness (QED) is 0.770. The lowest BCUT2D eigenvalue weighted by Crippen LogP contribution is -2.23. The first-order valence-electron chi connectivity index (χ1n) is 6.19. The van der Waals surface area contributed by atoms with Gasteiger partial charge in [-0.15, -0.1) is 11.3 Å². The van der Waals surface area contributed by atoms with Crippen molar-refractivity contribution in [1.29, 1.82) is 0 Å². The number of rotatable bonds is 5. The van der Waals surface area contributed by atoms with Crippen molar-refractivity contribution in [1.82, 2.24) is 10.3 Å². The van der Waals surface area contributed by atoms with Crippen LogP contribution in [0.2, 0.25) is 0 Å². The maximum absolute atomic E-state index is 4.56. The van der Waals surface area contributed by atoms with Crippen LogP contribution < -0.4 is 5.32 Å². The lowest BCUT2D eigenvalue weighted by molar-refractivity contribution is 0.548. The van der Waals surface area contributed by atoms with Gasteiger partial charge in [-0.25, -0.2) is 4.98 Å². The fourth-order valence-corrected chi connectivity index (χ4v) is 4.15. The molecule has 0 aliphatic heterocycles. The van der Waals surface area contributed by atoms with Crippen LogP contribution in [0.15, 0.2) is 32.5 Å². The van der Waals surface area contributed by atoms with E-state index in [2.05, 4.69) is 72.7 Å². The summed E-state index contributed by atoms with van der Waals surface area (Å²) in [6, 6.07) is 6.68. The smallest absolute Gasteiger partial charge is 0.0947 e. The number of hydrogen-bond acceptors (Lipinski definition) is 3. The van der Waals surface area contributed by atoms with Crippen molar-refractivity contribution < 1.29 is 0 Å². The van der Waals surface area contributed by atoms with Gasteiger partial charge < -0.3 is 5.32 Å². The first kappa shape index (κ1) is 15.2. The Bertz CT molecular complexity index is 534. The van der Waals surface area contributed by atoms with Crippen molar-refractivity contribution in [2.24, 2.45) is 0 Å². The average Bonchev–Trinajstić information content (AvgIpc) is 2.73. The van der Waals surface area contributed by atoms with Gasteiger partial charge >= 0.3 is 0 Å². The Kier molecular flexibility index (Phi) is 5.57. The highest BCUT2D eigenvalue weighted by Gasteiger charge is 2.14. The second-order valence-electron chi connectivity index (χ2n) is 4.40. The number of likely N-dealkylation sites (N-methyl/N-ethyl adjacent to an activating group) is 1. The monoisotopic (exact) mass is 402 g/mol. The highest BCUT2D eigenvalue weighted by Crippen LogP contribution is 2.27. The molecule has 2 aromatic rings. The molecule has 1 aromatic heterocycles. The molecule has 0 saturated heterocycles. The third kappa shape index (κ3) is 4.38. The molecule has 1 unspecified atom stereocenters. The molecular formula is C14H16Br2N2S. The maximum atomic E-state index is 4.56. The van der Waals surface area contributed by atoms with Gasteiger partial charge in [0, 0.05) is 32.5 Å². The van der Waals surface area contributed by atoms with Crippen LogP contribution in [0.1, 0.15) is 29.2 Å². The van der Waals surface area contributed by atoms with Gasteiger partial charge in [0.25, 0.3) is 0 Å². The van der Waals surface area contributed by atoms with Gasteiger partial charge in [-0.1, -0.05) is 38.8 Å². The lowest BCUT2D eigenvalue weighted by Gasteiger charge is -2.18. The summed E-state index contributed by atoms with van der Waals surface area (Å²) in [5.41, 5.74) is 2.38. The molecule has 1 N–H and O–H groups in total. The second kappa shape index (κ2) is 6.97. The molecular weight excluding hydrogens is 388 g/mol. The highest BCUT2D eigenvalue weighted by atomic mass is 79.9. The Morgan fingerprint density at radius 1 is 1.26 bits per heavy atom. The van der Waals surface area contributed by atoms with Crippen LogP contribution in [-0.4, -0.2) is 11.5 Å². The van der Waals surface area contributed by atoms with Crippen LogP contribution in [0.3, 0.4) is 0 Å². The van der Waals surface area contributed by atoms with Crippen LogP contribution in [0.25, 0.3) is 0 Å². The number of halogens is 2. The molecule has 2 nitrogen and oxygen atoms in total. The molecule has 0 radical (unpaired) electrons. The van der Waals surface area contributed by atoms with E-state index < -0.39 is 0 Å². The first-order chi connectivity index (χ1) is 9.08. The maximum Gasteiger partial charge on any atom is 0.0947 e. The van der Waals surface area contributed by atoms with Crippen molar-refractivity contribution >= 4 is 43.2 Å². The third-order valence-corrected chi connectivity index (χ3v) is 4.69. The van der Waals surface area contributed by atoms with Crippen LogP contribution in [0, 0.1) is 6.92 Å². The van der Waals surface area contributed by atoms with E-state index in [9.17, 15) is 0 Å². The number of aromatic nitrogens is 1. The van der Waals surface area contributed by atoms with Gasteiger partial charge in [-0.3, -0.25) is 0 Å². The summed E-state index contributed by atoms with van der Waals surface area (Å²) in [7, 11) is 0. The average molecular weight is 404 g/mol. The molecule has 2 rings (SSSR count). The van der Waals surface area contributed by atoms with Crippen LogP contribution in [0.5, 0.6) is 0 Å². The van der Waals surface area contributed by atoms with Crippen LogP contribution in [0.4, 0.5) is 0 Å². The Hall–Kier alpha value is -0.230. The predicted molar refractivity (Wildman–Crippen MR) is 88.8 cm³/mol. The van der Waals surface area contributed by atoms with E-state index in [-0.39, 0.29) is 0 Å². The minimum absolute atomic E-state index is 0.296. The lowest BCUT2D eigenvalue weighted by atomic mass is 10.0. The Morgan fingerprint density at radius 3 is 2.47 bits per heavy atom. The standard InChI is InChI=1S/C14H16Br2N2S/c1-3-17-13(7-14-18-9(2)8-19-14)10-4-11(15)6-12(16)5-10/h4-6,8,13,17H,3,7H2,1-2H3. The Balaban J connectivity index is 2.23. The summed E-state index contributed by atoms with van der Waals surface area (Å²) in [5.74, 6) is 0. The van der Waals surface area contributed by atoms with E-state index in [1.54, 1.807) is 11.3 Å². The number of nitrogens with zero attached hydrogens (tertiary/aromatic N) is 1. The third-order valence-electron chi connectivity index (χ3n) is 2.78. The number of nitrogens with one attached hydrogen (secondary N) is 1. The van der Waals surface area contributed by atoms with E-state index in [1.165, 1.54) is 10.6 Å². The van der Waals surface area contributed by atoms with Crippen LogP contribution in [-0.2, 0) is 6.42 Å². The van der Waals surface area contributed by atoms with Crippen molar-refractivity contribution in [2.45, 2.75) is 26.3 Å². The molecule has 1 heterocycles. The molecule has 0 amide bonds. The summed E-state index contributed by atoms with van der Waals surface area (Å²) in [4.78, 5) is 4.56. The molecule has 0 fully saturated rings. The molecule has 0 bridgehead atoms. The molecule has 102 valence electrons. The summed E-state index contributed by atoms with van der Waals surface area (Å²) >= 11 is 8.83. The van der Waals surface area contributed by atoms with E-state index >= 15 is 0 Å². The topological polar surface area (TPSA) is 24.9 Å². The fourth-order valence-electron chi connectivity index (χ4n) is 2.00. The van der Waals surface area contributed by atoms with E-state index in [0.29, 0.717) is 6.04 Å². The Morgan fingerprint density at radius 2 is 1.95 bits per heavy atom. The first-order valence-corrected chi connectivity index (χ1v) is 8.65. The SMILES string of the molecule is CCNC(Cc1nc(C)cs1)c1cc(Br)cc(Br)c1. The molecule has 0 spiro atoms. The van der Waals surface area contributed by atoms with Gasteiger partial charge in [0.15, 0.2) is 0 Å².